The number of aliphatic hydroxyl groups excluding tert-OH is 4. The van der Waals surface area contributed by atoms with E-state index in [2.05, 4.69) is 4.74 Å². The molecule has 9 heteroatoms. The van der Waals surface area contributed by atoms with Gasteiger partial charge in [0.1, 0.15) is 36.3 Å². The molecule has 1 fully saturated rings. The Labute approximate surface area is 164 Å². The molecule has 0 unspecified atom stereocenters. The van der Waals surface area contributed by atoms with Gasteiger partial charge in [0, 0.05) is 0 Å². The minimum Gasteiger partial charge on any atom is -0.406 e. The zero-order chi connectivity index (χ0) is 21.2. The summed E-state index contributed by atoms with van der Waals surface area (Å²) in [4.78, 5) is 0. The number of hydrogen-bond acceptors (Lipinski definition) is 6. The second-order valence-electron chi connectivity index (χ2n) is 6.86. The first kappa shape index (κ1) is 21.5. The SMILES string of the molecule is OC[C@H]1O[C@@H](c2cccc(Cc3ccc(OC(F)(F)F)cc3)c2)[C@H](O)[C@@H](O)[C@@H]1O. The lowest BCUT2D eigenvalue weighted by molar-refractivity contribution is -0.274. The van der Waals surface area contributed by atoms with Gasteiger partial charge in [0.15, 0.2) is 0 Å². The van der Waals surface area contributed by atoms with Crippen LogP contribution in [0.3, 0.4) is 0 Å². The molecule has 1 saturated heterocycles. The molecule has 0 bridgehead atoms. The number of hydrogen-bond donors (Lipinski definition) is 4. The fourth-order valence-corrected chi connectivity index (χ4v) is 3.30. The van der Waals surface area contributed by atoms with Crippen molar-refractivity contribution in [3.8, 4) is 5.75 Å². The van der Waals surface area contributed by atoms with Crippen molar-refractivity contribution in [3.05, 3.63) is 65.2 Å². The molecule has 0 aromatic heterocycles. The van der Waals surface area contributed by atoms with Crippen molar-refractivity contribution in [2.75, 3.05) is 6.61 Å². The molecule has 4 N–H and O–H groups in total. The summed E-state index contributed by atoms with van der Waals surface area (Å²) in [5.74, 6) is -0.309. The highest BCUT2D eigenvalue weighted by Gasteiger charge is 2.43. The van der Waals surface area contributed by atoms with Gasteiger partial charge in [-0.2, -0.15) is 0 Å². The maximum Gasteiger partial charge on any atom is 0.573 e. The average Bonchev–Trinajstić information content (AvgIpc) is 2.67. The zero-order valence-electron chi connectivity index (χ0n) is 15.2. The van der Waals surface area contributed by atoms with Gasteiger partial charge in [-0.1, -0.05) is 36.4 Å². The normalized spacial score (nSPS) is 27.6. The largest absolute Gasteiger partial charge is 0.573 e. The summed E-state index contributed by atoms with van der Waals surface area (Å²) in [6.45, 7) is -0.520. The minimum absolute atomic E-state index is 0.309. The second-order valence-corrected chi connectivity index (χ2v) is 6.86. The predicted octanol–water partition coefficient (Wildman–Crippen LogP) is 1.69. The van der Waals surface area contributed by atoms with Gasteiger partial charge in [0.25, 0.3) is 0 Å². The lowest BCUT2D eigenvalue weighted by Gasteiger charge is -2.40. The first-order chi connectivity index (χ1) is 13.7. The Bertz CT molecular complexity index is 809. The summed E-state index contributed by atoms with van der Waals surface area (Å²) in [6.07, 6.45) is -10.6. The summed E-state index contributed by atoms with van der Waals surface area (Å²) in [6, 6.07) is 12.4. The van der Waals surface area contributed by atoms with E-state index in [1.54, 1.807) is 24.3 Å². The van der Waals surface area contributed by atoms with E-state index < -0.39 is 43.5 Å². The zero-order valence-corrected chi connectivity index (χ0v) is 15.2. The highest BCUT2D eigenvalue weighted by molar-refractivity contribution is 5.34. The van der Waals surface area contributed by atoms with Crippen LogP contribution >= 0.6 is 0 Å². The van der Waals surface area contributed by atoms with Crippen LogP contribution in [0.2, 0.25) is 0 Å². The van der Waals surface area contributed by atoms with E-state index in [-0.39, 0.29) is 5.75 Å². The number of alkyl halides is 3. The molecule has 1 aliphatic rings. The fraction of sp³-hybridized carbons (Fsp3) is 0.400. The molecule has 6 nitrogen and oxygen atoms in total. The summed E-state index contributed by atoms with van der Waals surface area (Å²) < 4.78 is 46.1. The number of ether oxygens (including phenoxy) is 2. The topological polar surface area (TPSA) is 99.4 Å². The lowest BCUT2D eigenvalue weighted by atomic mass is 9.90. The Hall–Kier alpha value is -2.17. The van der Waals surface area contributed by atoms with E-state index in [1.165, 1.54) is 24.3 Å². The Balaban J connectivity index is 1.74. The van der Waals surface area contributed by atoms with Crippen molar-refractivity contribution in [1.29, 1.82) is 0 Å². The van der Waals surface area contributed by atoms with Crippen LogP contribution in [0.15, 0.2) is 48.5 Å². The smallest absolute Gasteiger partial charge is 0.406 e. The molecule has 2 aromatic carbocycles. The van der Waals surface area contributed by atoms with Gasteiger partial charge >= 0.3 is 6.36 Å². The predicted molar refractivity (Wildman–Crippen MR) is 95.1 cm³/mol. The highest BCUT2D eigenvalue weighted by Crippen LogP contribution is 2.33. The van der Waals surface area contributed by atoms with Crippen LogP contribution in [0.5, 0.6) is 5.75 Å². The van der Waals surface area contributed by atoms with Crippen molar-refractivity contribution >= 4 is 0 Å². The Morgan fingerprint density at radius 3 is 2.21 bits per heavy atom. The maximum atomic E-state index is 12.2. The van der Waals surface area contributed by atoms with E-state index >= 15 is 0 Å². The summed E-state index contributed by atoms with van der Waals surface area (Å²) >= 11 is 0. The van der Waals surface area contributed by atoms with Crippen LogP contribution in [0, 0.1) is 0 Å². The van der Waals surface area contributed by atoms with Crippen molar-refractivity contribution in [3.63, 3.8) is 0 Å². The van der Waals surface area contributed by atoms with Crippen LogP contribution in [0.25, 0.3) is 0 Å². The first-order valence-electron chi connectivity index (χ1n) is 8.92. The number of benzene rings is 2. The Morgan fingerprint density at radius 1 is 0.897 bits per heavy atom. The third kappa shape index (κ3) is 5.26. The minimum atomic E-state index is -4.75. The van der Waals surface area contributed by atoms with Crippen LogP contribution in [0.1, 0.15) is 22.8 Å². The molecule has 2 aromatic rings. The third-order valence-electron chi connectivity index (χ3n) is 4.74. The van der Waals surface area contributed by atoms with Gasteiger partial charge in [-0.05, 0) is 35.2 Å². The fourth-order valence-electron chi connectivity index (χ4n) is 3.30. The van der Waals surface area contributed by atoms with Crippen LogP contribution < -0.4 is 4.74 Å². The van der Waals surface area contributed by atoms with Crippen molar-refractivity contribution < 1.29 is 43.1 Å². The van der Waals surface area contributed by atoms with Gasteiger partial charge < -0.3 is 29.9 Å². The number of rotatable bonds is 5. The molecular formula is C20H21F3O6. The molecule has 29 heavy (non-hydrogen) atoms. The molecule has 3 rings (SSSR count). The van der Waals surface area contributed by atoms with E-state index in [9.17, 15) is 33.6 Å². The second kappa shape index (κ2) is 8.68. The molecule has 0 spiro atoms. The van der Waals surface area contributed by atoms with E-state index in [0.29, 0.717) is 12.0 Å². The molecule has 1 heterocycles. The van der Waals surface area contributed by atoms with E-state index in [1.807, 2.05) is 0 Å². The monoisotopic (exact) mass is 414 g/mol. The van der Waals surface area contributed by atoms with Crippen molar-refractivity contribution in [1.82, 2.24) is 0 Å². The molecule has 0 saturated carbocycles. The van der Waals surface area contributed by atoms with Crippen molar-refractivity contribution in [2.45, 2.75) is 43.3 Å². The summed E-state index contributed by atoms with van der Waals surface area (Å²) in [5.41, 5.74) is 2.07. The van der Waals surface area contributed by atoms with Crippen molar-refractivity contribution in [2.24, 2.45) is 0 Å². The molecule has 0 aliphatic carbocycles. The highest BCUT2D eigenvalue weighted by atomic mass is 19.4. The molecule has 1 aliphatic heterocycles. The third-order valence-corrected chi connectivity index (χ3v) is 4.74. The average molecular weight is 414 g/mol. The summed E-state index contributed by atoms with van der Waals surface area (Å²) in [5, 5.41) is 39.4. The lowest BCUT2D eigenvalue weighted by Crippen LogP contribution is -2.55. The molecule has 0 amide bonds. The molecule has 158 valence electrons. The van der Waals surface area contributed by atoms with Gasteiger partial charge in [-0.3, -0.25) is 0 Å². The number of aliphatic hydroxyl groups is 4. The van der Waals surface area contributed by atoms with Gasteiger partial charge in [0.2, 0.25) is 0 Å². The molecular weight excluding hydrogens is 393 g/mol. The van der Waals surface area contributed by atoms with Gasteiger partial charge in [-0.25, -0.2) is 0 Å². The summed E-state index contributed by atoms with van der Waals surface area (Å²) in [7, 11) is 0. The Kier molecular flexibility index (Phi) is 6.45. The first-order valence-corrected chi connectivity index (χ1v) is 8.92. The van der Waals surface area contributed by atoms with Gasteiger partial charge in [-0.15, -0.1) is 13.2 Å². The van der Waals surface area contributed by atoms with Crippen LogP contribution in [0.4, 0.5) is 13.2 Å². The van der Waals surface area contributed by atoms with Crippen LogP contribution in [-0.2, 0) is 11.2 Å². The quantitative estimate of drug-likeness (QED) is 0.595. The van der Waals surface area contributed by atoms with Crippen LogP contribution in [-0.4, -0.2) is 57.8 Å². The van der Waals surface area contributed by atoms with E-state index in [0.717, 1.165) is 11.1 Å². The maximum absolute atomic E-state index is 12.2. The number of halogens is 3. The van der Waals surface area contributed by atoms with Gasteiger partial charge in [0.05, 0.1) is 6.61 Å². The standard InChI is InChI=1S/C20H21F3O6/c21-20(22,23)29-14-6-4-11(5-7-14)8-12-2-1-3-13(9-12)19-18(27)17(26)16(25)15(10-24)28-19/h1-7,9,15-19,24-27H,8,10H2/t15-,16-,17+,18-,19+/m1/s1. The molecule has 5 atom stereocenters. The molecule has 0 radical (unpaired) electrons. The van der Waals surface area contributed by atoms with E-state index in [4.69, 9.17) is 4.74 Å². The Morgan fingerprint density at radius 2 is 1.59 bits per heavy atom.